The van der Waals surface area contributed by atoms with E-state index in [0.717, 1.165) is 5.56 Å². The minimum Gasteiger partial charge on any atom is -0.388 e. The molecule has 0 amide bonds. The van der Waals surface area contributed by atoms with E-state index < -0.39 is 0 Å². The van der Waals surface area contributed by atoms with E-state index in [1.165, 1.54) is 2.88 Å². The van der Waals surface area contributed by atoms with Crippen molar-refractivity contribution < 1.29 is 5.11 Å². The first kappa shape index (κ1) is 10.5. The number of aliphatic hydroxyl groups excluding tert-OH is 1. The molecule has 0 aliphatic heterocycles. The molecule has 0 radical (unpaired) electrons. The second-order valence-corrected chi connectivity index (χ2v) is 6.76. The molecule has 1 heterocycles. The summed E-state index contributed by atoms with van der Waals surface area (Å²) in [6, 6.07) is 2.04. The Bertz CT molecular complexity index is 262. The maximum absolute atomic E-state index is 9.87. The third-order valence-corrected chi connectivity index (χ3v) is 3.53. The van der Waals surface area contributed by atoms with Crippen LogP contribution in [0.2, 0.25) is 0 Å². The molecule has 0 spiro atoms. The molecular weight excluding hydrogens is 283 g/mol. The molecule has 1 unspecified atom stereocenters. The van der Waals surface area contributed by atoms with Gasteiger partial charge in [0.25, 0.3) is 0 Å². The average molecular weight is 296 g/mol. The van der Waals surface area contributed by atoms with Crippen molar-refractivity contribution in [2.45, 2.75) is 26.9 Å². The first-order valence-electron chi connectivity index (χ1n) is 3.83. The van der Waals surface area contributed by atoms with Crippen LogP contribution in [0.25, 0.3) is 0 Å². The standard InChI is InChI=1S/C9H13IOS/c1-9(2,3)8(11)6-4-7(10)12-5-6/h4-5,8,11H,1-3H3. The van der Waals surface area contributed by atoms with Gasteiger partial charge in [-0.2, -0.15) is 0 Å². The number of aliphatic hydroxyl groups is 1. The molecule has 1 N–H and O–H groups in total. The fraction of sp³-hybridized carbons (Fsp3) is 0.556. The fourth-order valence-electron chi connectivity index (χ4n) is 0.967. The molecule has 68 valence electrons. The molecule has 0 saturated carbocycles. The van der Waals surface area contributed by atoms with Gasteiger partial charge in [0.1, 0.15) is 0 Å². The van der Waals surface area contributed by atoms with E-state index >= 15 is 0 Å². The Morgan fingerprint density at radius 1 is 1.50 bits per heavy atom. The van der Waals surface area contributed by atoms with Crippen LogP contribution in [0.4, 0.5) is 0 Å². The maximum atomic E-state index is 9.87. The number of hydrogen-bond donors (Lipinski definition) is 1. The largest absolute Gasteiger partial charge is 0.388 e. The number of halogens is 1. The third-order valence-electron chi connectivity index (χ3n) is 1.72. The van der Waals surface area contributed by atoms with Gasteiger partial charge in [0.05, 0.1) is 8.99 Å². The van der Waals surface area contributed by atoms with Gasteiger partial charge in [-0.1, -0.05) is 20.8 Å². The summed E-state index contributed by atoms with van der Waals surface area (Å²) in [7, 11) is 0. The topological polar surface area (TPSA) is 20.2 Å². The van der Waals surface area contributed by atoms with Gasteiger partial charge < -0.3 is 5.11 Å². The highest BCUT2D eigenvalue weighted by Crippen LogP contribution is 2.34. The van der Waals surface area contributed by atoms with Gasteiger partial charge in [0, 0.05) is 0 Å². The van der Waals surface area contributed by atoms with Crippen LogP contribution >= 0.6 is 33.9 Å². The van der Waals surface area contributed by atoms with Crippen molar-refractivity contribution in [3.63, 3.8) is 0 Å². The molecule has 0 fully saturated rings. The Kier molecular flexibility index (Phi) is 3.17. The van der Waals surface area contributed by atoms with E-state index in [-0.39, 0.29) is 11.5 Å². The second-order valence-electron chi connectivity index (χ2n) is 3.95. The van der Waals surface area contributed by atoms with Crippen molar-refractivity contribution in [2.75, 3.05) is 0 Å². The lowest BCUT2D eigenvalue weighted by atomic mass is 9.86. The molecule has 1 aromatic rings. The van der Waals surface area contributed by atoms with Crippen molar-refractivity contribution in [3.8, 4) is 0 Å². The predicted octanol–water partition coefficient (Wildman–Crippen LogP) is 3.43. The van der Waals surface area contributed by atoms with Gasteiger partial charge in [0.15, 0.2) is 0 Å². The van der Waals surface area contributed by atoms with Crippen LogP contribution in [-0.4, -0.2) is 5.11 Å². The normalized spacial score (nSPS) is 14.8. The summed E-state index contributed by atoms with van der Waals surface area (Å²) in [5.74, 6) is 0. The van der Waals surface area contributed by atoms with Gasteiger partial charge in [0.2, 0.25) is 0 Å². The Labute approximate surface area is 91.0 Å². The van der Waals surface area contributed by atoms with Crippen molar-refractivity contribution in [2.24, 2.45) is 5.41 Å². The highest BCUT2D eigenvalue weighted by molar-refractivity contribution is 14.1. The zero-order valence-electron chi connectivity index (χ0n) is 7.47. The molecule has 1 atom stereocenters. The summed E-state index contributed by atoms with van der Waals surface area (Å²) in [6.45, 7) is 6.13. The number of hydrogen-bond acceptors (Lipinski definition) is 2. The molecule has 0 bridgehead atoms. The van der Waals surface area contributed by atoms with Crippen LogP contribution in [0, 0.1) is 8.30 Å². The first-order valence-corrected chi connectivity index (χ1v) is 5.79. The summed E-state index contributed by atoms with van der Waals surface area (Å²) in [4.78, 5) is 0. The average Bonchev–Trinajstić information content (AvgIpc) is 2.32. The van der Waals surface area contributed by atoms with E-state index in [0.29, 0.717) is 0 Å². The Balaban J connectivity index is 2.85. The lowest BCUT2D eigenvalue weighted by molar-refractivity contribution is 0.0630. The first-order chi connectivity index (χ1) is 5.41. The fourth-order valence-corrected chi connectivity index (χ4v) is 2.36. The lowest BCUT2D eigenvalue weighted by Gasteiger charge is -2.24. The Morgan fingerprint density at radius 2 is 2.08 bits per heavy atom. The SMILES string of the molecule is CC(C)(C)C(O)c1csc(I)c1. The van der Waals surface area contributed by atoms with Gasteiger partial charge >= 0.3 is 0 Å². The van der Waals surface area contributed by atoms with Gasteiger partial charge in [-0.3, -0.25) is 0 Å². The van der Waals surface area contributed by atoms with Crippen molar-refractivity contribution in [1.29, 1.82) is 0 Å². The Hall–Kier alpha value is 0.390. The van der Waals surface area contributed by atoms with Crippen molar-refractivity contribution >= 4 is 33.9 Å². The zero-order valence-corrected chi connectivity index (χ0v) is 10.4. The summed E-state index contributed by atoms with van der Waals surface area (Å²) in [6.07, 6.45) is -0.350. The molecule has 0 aliphatic carbocycles. The molecule has 12 heavy (non-hydrogen) atoms. The smallest absolute Gasteiger partial charge is 0.0846 e. The highest BCUT2D eigenvalue weighted by atomic mass is 127. The number of thiophene rings is 1. The molecule has 0 aromatic carbocycles. The molecule has 0 saturated heterocycles. The summed E-state index contributed by atoms with van der Waals surface area (Å²) in [5.41, 5.74) is 0.973. The maximum Gasteiger partial charge on any atom is 0.0846 e. The summed E-state index contributed by atoms with van der Waals surface area (Å²) in [5, 5.41) is 11.9. The van der Waals surface area contributed by atoms with Crippen LogP contribution in [-0.2, 0) is 0 Å². The van der Waals surface area contributed by atoms with E-state index in [9.17, 15) is 5.11 Å². The van der Waals surface area contributed by atoms with Crippen LogP contribution < -0.4 is 0 Å². The molecular formula is C9H13IOS. The zero-order chi connectivity index (χ0) is 9.35. The van der Waals surface area contributed by atoms with Gasteiger partial charge in [-0.25, -0.2) is 0 Å². The van der Waals surface area contributed by atoms with E-state index in [4.69, 9.17) is 0 Å². The van der Waals surface area contributed by atoms with Crippen LogP contribution in [0.5, 0.6) is 0 Å². The predicted molar refractivity (Wildman–Crippen MR) is 61.5 cm³/mol. The van der Waals surface area contributed by atoms with Crippen molar-refractivity contribution in [3.05, 3.63) is 19.9 Å². The summed E-state index contributed by atoms with van der Waals surface area (Å²) < 4.78 is 1.23. The highest BCUT2D eigenvalue weighted by Gasteiger charge is 2.24. The molecule has 1 rings (SSSR count). The van der Waals surface area contributed by atoms with Crippen LogP contribution in [0.15, 0.2) is 11.4 Å². The van der Waals surface area contributed by atoms with Gasteiger partial charge in [-0.05, 0) is 45.0 Å². The second kappa shape index (κ2) is 3.64. The van der Waals surface area contributed by atoms with E-state index in [2.05, 4.69) is 22.6 Å². The van der Waals surface area contributed by atoms with Crippen LogP contribution in [0.3, 0.4) is 0 Å². The quantitative estimate of drug-likeness (QED) is 0.787. The van der Waals surface area contributed by atoms with Crippen LogP contribution in [0.1, 0.15) is 32.4 Å². The summed E-state index contributed by atoms with van der Waals surface area (Å²) >= 11 is 3.95. The van der Waals surface area contributed by atoms with Crippen molar-refractivity contribution in [1.82, 2.24) is 0 Å². The minimum atomic E-state index is -0.350. The molecule has 1 aromatic heterocycles. The monoisotopic (exact) mass is 296 g/mol. The lowest BCUT2D eigenvalue weighted by Crippen LogP contribution is -2.16. The minimum absolute atomic E-state index is 0.0653. The molecule has 0 aliphatic rings. The Morgan fingerprint density at radius 3 is 2.42 bits per heavy atom. The molecule has 3 heteroatoms. The molecule has 1 nitrogen and oxygen atoms in total. The third kappa shape index (κ3) is 2.44. The van der Waals surface area contributed by atoms with E-state index in [1.807, 2.05) is 32.2 Å². The van der Waals surface area contributed by atoms with Gasteiger partial charge in [-0.15, -0.1) is 11.3 Å². The number of rotatable bonds is 1. The van der Waals surface area contributed by atoms with E-state index in [1.54, 1.807) is 11.3 Å².